The number of nitrogens with zero attached hydrogens (tertiary/aromatic N) is 2. The summed E-state index contributed by atoms with van der Waals surface area (Å²) in [5, 5.41) is 4.56. The zero-order valence-electron chi connectivity index (χ0n) is 13.2. The molecule has 1 aromatic heterocycles. The highest BCUT2D eigenvalue weighted by Crippen LogP contribution is 2.21. The van der Waals surface area contributed by atoms with Crippen LogP contribution in [-0.4, -0.2) is 16.4 Å². The summed E-state index contributed by atoms with van der Waals surface area (Å²) in [5.74, 6) is 0.679. The summed E-state index contributed by atoms with van der Waals surface area (Å²) in [6.45, 7) is 6.63. The van der Waals surface area contributed by atoms with Gasteiger partial charge in [-0.3, -0.25) is 0 Å². The van der Waals surface area contributed by atoms with E-state index in [1.165, 1.54) is 19.3 Å². The van der Waals surface area contributed by atoms with E-state index < -0.39 is 0 Å². The van der Waals surface area contributed by atoms with E-state index in [-0.39, 0.29) is 0 Å². The Hall–Kier alpha value is -2.29. The molecular formula is C19H24N2O. The third kappa shape index (κ3) is 4.62. The highest BCUT2D eigenvalue weighted by atomic mass is 16.5. The van der Waals surface area contributed by atoms with Gasteiger partial charge in [-0.1, -0.05) is 63.1 Å². The molecule has 0 amide bonds. The number of unbranched alkanes of at least 4 members (excludes halogenated alkanes) is 3. The van der Waals surface area contributed by atoms with Crippen LogP contribution in [0.25, 0.3) is 11.8 Å². The molecule has 3 nitrogen and oxygen atoms in total. The van der Waals surface area contributed by atoms with Crippen molar-refractivity contribution < 1.29 is 4.74 Å². The summed E-state index contributed by atoms with van der Waals surface area (Å²) in [4.78, 5) is 0. The first-order valence-corrected chi connectivity index (χ1v) is 7.92. The van der Waals surface area contributed by atoms with Crippen molar-refractivity contribution in [1.82, 2.24) is 9.78 Å². The van der Waals surface area contributed by atoms with Crippen molar-refractivity contribution in [2.24, 2.45) is 0 Å². The molecule has 0 aliphatic carbocycles. The summed E-state index contributed by atoms with van der Waals surface area (Å²) in [6, 6.07) is 10.1. The number of rotatable bonds is 9. The Balaban J connectivity index is 2.10. The maximum atomic E-state index is 5.87. The van der Waals surface area contributed by atoms with Gasteiger partial charge in [0.05, 0.1) is 17.9 Å². The molecule has 116 valence electrons. The molecule has 0 fully saturated rings. The smallest absolute Gasteiger partial charge is 0.240 e. The Morgan fingerprint density at radius 3 is 2.73 bits per heavy atom. The molecule has 0 radical (unpaired) electrons. The summed E-state index contributed by atoms with van der Waals surface area (Å²) in [6.07, 6.45) is 12.4. The van der Waals surface area contributed by atoms with Gasteiger partial charge in [-0.05, 0) is 24.6 Å². The van der Waals surface area contributed by atoms with Gasteiger partial charge in [-0.25, -0.2) is 4.68 Å². The van der Waals surface area contributed by atoms with Gasteiger partial charge in [0.1, 0.15) is 0 Å². The van der Waals surface area contributed by atoms with Crippen LogP contribution in [0, 0.1) is 0 Å². The maximum Gasteiger partial charge on any atom is 0.240 e. The quantitative estimate of drug-likeness (QED) is 0.479. The van der Waals surface area contributed by atoms with Crippen LogP contribution in [0.5, 0.6) is 5.88 Å². The monoisotopic (exact) mass is 296 g/mol. The normalized spacial score (nSPS) is 11.0. The van der Waals surface area contributed by atoms with Crippen LogP contribution < -0.4 is 4.74 Å². The predicted molar refractivity (Wildman–Crippen MR) is 92.4 cm³/mol. The molecule has 1 heterocycles. The lowest BCUT2D eigenvalue weighted by atomic mass is 10.2. The third-order valence-corrected chi connectivity index (χ3v) is 3.38. The van der Waals surface area contributed by atoms with Crippen LogP contribution in [0.3, 0.4) is 0 Å². The average Bonchev–Trinajstić information content (AvgIpc) is 2.97. The fourth-order valence-electron chi connectivity index (χ4n) is 2.18. The molecule has 0 saturated heterocycles. The van der Waals surface area contributed by atoms with Gasteiger partial charge in [0.25, 0.3) is 0 Å². The van der Waals surface area contributed by atoms with Crippen molar-refractivity contribution in [3.8, 4) is 11.6 Å². The lowest BCUT2D eigenvalue weighted by Gasteiger charge is -2.03. The number of ether oxygens (including phenoxy) is 1. The molecule has 0 aliphatic rings. The van der Waals surface area contributed by atoms with E-state index in [9.17, 15) is 0 Å². The Bertz CT molecular complexity index is 599. The Kier molecular flexibility index (Phi) is 6.49. The summed E-state index contributed by atoms with van der Waals surface area (Å²) in [5.41, 5.74) is 2.00. The van der Waals surface area contributed by atoms with Gasteiger partial charge in [0.2, 0.25) is 5.88 Å². The van der Waals surface area contributed by atoms with Crippen molar-refractivity contribution in [3.63, 3.8) is 0 Å². The molecule has 0 aliphatic heterocycles. The van der Waals surface area contributed by atoms with E-state index >= 15 is 0 Å². The second-order valence-electron chi connectivity index (χ2n) is 5.17. The van der Waals surface area contributed by atoms with Crippen LogP contribution in [0.15, 0.2) is 55.3 Å². The van der Waals surface area contributed by atoms with Crippen LogP contribution in [0.2, 0.25) is 0 Å². The minimum atomic E-state index is 0.679. The Labute approximate surface area is 132 Å². The summed E-state index contributed by atoms with van der Waals surface area (Å²) < 4.78 is 7.72. The van der Waals surface area contributed by atoms with Gasteiger partial charge >= 0.3 is 0 Å². The standard InChI is InChI=1S/C19H24N2O/c1-3-5-7-11-15-22-19-17(12-6-4-2)16-21(20-19)18-13-9-8-10-14-18/h4,6,8-10,12-14,16H,2-3,5,7,11,15H2,1H3/b12-6+. The molecule has 1 aromatic carbocycles. The van der Waals surface area contributed by atoms with Gasteiger partial charge in [-0.15, -0.1) is 5.10 Å². The first-order valence-electron chi connectivity index (χ1n) is 7.92. The van der Waals surface area contributed by atoms with Gasteiger partial charge < -0.3 is 4.74 Å². The van der Waals surface area contributed by atoms with Crippen LogP contribution in [0.1, 0.15) is 38.2 Å². The first kappa shape index (κ1) is 16.1. The Morgan fingerprint density at radius 2 is 2.00 bits per heavy atom. The number of benzene rings is 1. The van der Waals surface area contributed by atoms with Gasteiger partial charge in [0, 0.05) is 6.20 Å². The highest BCUT2D eigenvalue weighted by molar-refractivity contribution is 5.56. The van der Waals surface area contributed by atoms with E-state index in [0.717, 1.165) is 17.7 Å². The molecule has 0 saturated carbocycles. The zero-order chi connectivity index (χ0) is 15.6. The second-order valence-corrected chi connectivity index (χ2v) is 5.17. The number of allylic oxidation sites excluding steroid dienone is 2. The number of hydrogen-bond donors (Lipinski definition) is 0. The van der Waals surface area contributed by atoms with Crippen LogP contribution in [0.4, 0.5) is 0 Å². The van der Waals surface area contributed by atoms with E-state index in [0.29, 0.717) is 12.5 Å². The number of para-hydroxylation sites is 1. The fourth-order valence-corrected chi connectivity index (χ4v) is 2.18. The second kappa shape index (κ2) is 8.88. The molecule has 3 heteroatoms. The minimum Gasteiger partial charge on any atom is -0.476 e. The average molecular weight is 296 g/mol. The number of aromatic nitrogens is 2. The molecule has 22 heavy (non-hydrogen) atoms. The molecule has 0 N–H and O–H groups in total. The third-order valence-electron chi connectivity index (χ3n) is 3.38. The molecule has 0 atom stereocenters. The van der Waals surface area contributed by atoms with Crippen LogP contribution >= 0.6 is 0 Å². The minimum absolute atomic E-state index is 0.679. The molecular weight excluding hydrogens is 272 g/mol. The van der Waals surface area contributed by atoms with Crippen molar-refractivity contribution in [2.45, 2.75) is 32.6 Å². The SMILES string of the molecule is C=C/C=C/c1cn(-c2ccccc2)nc1OCCCCCC. The lowest BCUT2D eigenvalue weighted by Crippen LogP contribution is -2.00. The van der Waals surface area contributed by atoms with E-state index in [2.05, 4.69) is 18.6 Å². The van der Waals surface area contributed by atoms with Gasteiger partial charge in [-0.2, -0.15) is 0 Å². The fraction of sp³-hybridized carbons (Fsp3) is 0.316. The van der Waals surface area contributed by atoms with Crippen molar-refractivity contribution in [3.05, 3.63) is 60.8 Å². The maximum absolute atomic E-state index is 5.87. The van der Waals surface area contributed by atoms with E-state index in [1.54, 1.807) is 6.08 Å². The summed E-state index contributed by atoms with van der Waals surface area (Å²) >= 11 is 0. The first-order chi connectivity index (χ1) is 10.8. The highest BCUT2D eigenvalue weighted by Gasteiger charge is 2.09. The van der Waals surface area contributed by atoms with Crippen molar-refractivity contribution in [2.75, 3.05) is 6.61 Å². The molecule has 2 rings (SSSR count). The van der Waals surface area contributed by atoms with Crippen LogP contribution in [-0.2, 0) is 0 Å². The summed E-state index contributed by atoms with van der Waals surface area (Å²) in [7, 11) is 0. The largest absolute Gasteiger partial charge is 0.476 e. The zero-order valence-corrected chi connectivity index (χ0v) is 13.2. The number of hydrogen-bond acceptors (Lipinski definition) is 2. The van der Waals surface area contributed by atoms with Gasteiger partial charge in [0.15, 0.2) is 0 Å². The van der Waals surface area contributed by atoms with Crippen molar-refractivity contribution >= 4 is 6.08 Å². The predicted octanol–water partition coefficient (Wildman–Crippen LogP) is 5.03. The van der Waals surface area contributed by atoms with Crippen molar-refractivity contribution in [1.29, 1.82) is 0 Å². The molecule has 0 bridgehead atoms. The molecule has 2 aromatic rings. The molecule has 0 spiro atoms. The molecule has 0 unspecified atom stereocenters. The van der Waals surface area contributed by atoms with E-state index in [1.807, 2.05) is 53.4 Å². The Morgan fingerprint density at radius 1 is 1.18 bits per heavy atom. The topological polar surface area (TPSA) is 27.1 Å². The van der Waals surface area contributed by atoms with E-state index in [4.69, 9.17) is 4.74 Å². The lowest BCUT2D eigenvalue weighted by molar-refractivity contribution is 0.291.